The van der Waals surface area contributed by atoms with Crippen molar-refractivity contribution in [2.45, 2.75) is 12.5 Å². The second-order valence-electron chi connectivity index (χ2n) is 6.19. The van der Waals surface area contributed by atoms with Crippen LogP contribution in [-0.2, 0) is 0 Å². The number of nitrogens with zero attached hydrogens (tertiary/aromatic N) is 2. The van der Waals surface area contributed by atoms with E-state index >= 15 is 0 Å². The number of aromatic nitrogens is 4. The van der Waals surface area contributed by atoms with E-state index in [1.54, 1.807) is 6.07 Å². The third kappa shape index (κ3) is 3.35. The van der Waals surface area contributed by atoms with Crippen molar-refractivity contribution in [2.75, 3.05) is 6.54 Å². The molecular formula is C18H16FN5O3S. The number of fused-ring (bicyclic) bond motifs is 1. The number of oxazole rings is 1. The predicted molar refractivity (Wildman–Crippen MR) is 104 cm³/mol. The summed E-state index contributed by atoms with van der Waals surface area (Å²) in [4.78, 5) is 27.8. The Morgan fingerprint density at radius 3 is 2.93 bits per heavy atom. The zero-order valence-electron chi connectivity index (χ0n) is 14.5. The van der Waals surface area contributed by atoms with E-state index < -0.39 is 11.8 Å². The first-order valence-corrected chi connectivity index (χ1v) is 9.23. The van der Waals surface area contributed by atoms with Gasteiger partial charge in [0.2, 0.25) is 0 Å². The Labute approximate surface area is 161 Å². The van der Waals surface area contributed by atoms with E-state index in [-0.39, 0.29) is 18.7 Å². The Bertz CT molecular complexity index is 1260. The van der Waals surface area contributed by atoms with Crippen molar-refractivity contribution in [1.29, 1.82) is 0 Å². The fourth-order valence-corrected chi connectivity index (χ4v) is 4.13. The SMILES string of the molecule is NC/C(=C/F)CC(c1ccc(-c2ccc3oc(=O)[nH]c3c2)s1)n1cn[nH]c1=O. The number of halogens is 1. The van der Waals surface area contributed by atoms with Gasteiger partial charge in [0.15, 0.2) is 5.58 Å². The minimum Gasteiger partial charge on any atom is -0.408 e. The van der Waals surface area contributed by atoms with Crippen LogP contribution in [-0.4, -0.2) is 26.3 Å². The Kier molecular flexibility index (Phi) is 4.80. The Morgan fingerprint density at radius 1 is 1.36 bits per heavy atom. The summed E-state index contributed by atoms with van der Waals surface area (Å²) in [5, 5.41) is 6.13. The molecule has 0 bridgehead atoms. The lowest BCUT2D eigenvalue weighted by Crippen LogP contribution is -2.23. The van der Waals surface area contributed by atoms with Crippen LogP contribution >= 0.6 is 11.3 Å². The molecule has 3 aromatic heterocycles. The van der Waals surface area contributed by atoms with E-state index in [4.69, 9.17) is 10.2 Å². The first-order valence-electron chi connectivity index (χ1n) is 8.41. The molecule has 28 heavy (non-hydrogen) atoms. The van der Waals surface area contributed by atoms with Crippen LogP contribution in [0.3, 0.4) is 0 Å². The number of benzene rings is 1. The molecule has 0 fully saturated rings. The van der Waals surface area contributed by atoms with Crippen molar-refractivity contribution in [3.05, 3.63) is 74.5 Å². The van der Waals surface area contributed by atoms with Gasteiger partial charge in [-0.25, -0.2) is 19.1 Å². The molecule has 0 saturated heterocycles. The van der Waals surface area contributed by atoms with Crippen molar-refractivity contribution in [3.8, 4) is 10.4 Å². The normalized spacial score (nSPS) is 13.3. The highest BCUT2D eigenvalue weighted by molar-refractivity contribution is 7.15. The second-order valence-corrected chi connectivity index (χ2v) is 7.30. The summed E-state index contributed by atoms with van der Waals surface area (Å²) >= 11 is 1.46. The third-order valence-electron chi connectivity index (χ3n) is 4.44. The van der Waals surface area contributed by atoms with E-state index in [1.807, 2.05) is 24.3 Å². The molecule has 0 aliphatic heterocycles. The highest BCUT2D eigenvalue weighted by Gasteiger charge is 2.20. The standard InChI is InChI=1S/C18H16FN5O3S/c19-7-10(8-20)5-13(24-9-21-23-17(24)25)16-4-3-15(28-16)11-1-2-14-12(6-11)22-18(26)27-14/h1-4,6-7,9,13H,5,8,20H2,(H,22,26)(H,23,25)/b10-7+. The van der Waals surface area contributed by atoms with Gasteiger partial charge in [0.25, 0.3) is 0 Å². The van der Waals surface area contributed by atoms with Crippen LogP contribution in [0.4, 0.5) is 4.39 Å². The lowest BCUT2D eigenvalue weighted by atomic mass is 10.1. The van der Waals surface area contributed by atoms with Crippen LogP contribution in [0, 0.1) is 0 Å². The fraction of sp³-hybridized carbons (Fsp3) is 0.167. The van der Waals surface area contributed by atoms with Crippen molar-refractivity contribution in [3.63, 3.8) is 0 Å². The molecule has 10 heteroatoms. The van der Waals surface area contributed by atoms with Crippen LogP contribution < -0.4 is 17.2 Å². The maximum atomic E-state index is 13.1. The van der Waals surface area contributed by atoms with Crippen molar-refractivity contribution in [2.24, 2.45) is 5.73 Å². The van der Waals surface area contributed by atoms with Crippen molar-refractivity contribution < 1.29 is 8.81 Å². The number of thiophene rings is 1. The number of hydrogen-bond donors (Lipinski definition) is 3. The van der Waals surface area contributed by atoms with Gasteiger partial charge in [-0.15, -0.1) is 11.3 Å². The maximum absolute atomic E-state index is 13.1. The zero-order valence-corrected chi connectivity index (χ0v) is 15.3. The minimum atomic E-state index is -0.509. The summed E-state index contributed by atoms with van der Waals surface area (Å²) < 4.78 is 19.6. The highest BCUT2D eigenvalue weighted by Crippen LogP contribution is 2.35. The molecule has 0 radical (unpaired) electrons. The number of aromatic amines is 2. The van der Waals surface area contributed by atoms with Crippen LogP contribution in [0.2, 0.25) is 0 Å². The molecule has 0 aliphatic carbocycles. The minimum absolute atomic E-state index is 0.0579. The number of hydrogen-bond acceptors (Lipinski definition) is 6. The molecule has 3 heterocycles. The van der Waals surface area contributed by atoms with Gasteiger partial charge in [0.1, 0.15) is 6.33 Å². The molecule has 0 aliphatic rings. The van der Waals surface area contributed by atoms with E-state index in [0.29, 0.717) is 23.0 Å². The van der Waals surface area contributed by atoms with Gasteiger partial charge >= 0.3 is 11.4 Å². The van der Waals surface area contributed by atoms with E-state index in [2.05, 4.69) is 15.2 Å². The Hall–Kier alpha value is -3.24. The molecule has 1 atom stereocenters. The molecule has 4 N–H and O–H groups in total. The average molecular weight is 401 g/mol. The number of rotatable bonds is 6. The van der Waals surface area contributed by atoms with Gasteiger partial charge in [-0.05, 0) is 47.9 Å². The Morgan fingerprint density at radius 2 is 2.21 bits per heavy atom. The van der Waals surface area contributed by atoms with E-state index in [1.165, 1.54) is 22.2 Å². The summed E-state index contributed by atoms with van der Waals surface area (Å²) in [5.74, 6) is -0.509. The Balaban J connectivity index is 1.73. The molecule has 4 aromatic rings. The smallest absolute Gasteiger partial charge is 0.408 e. The zero-order chi connectivity index (χ0) is 19.7. The molecule has 0 saturated carbocycles. The molecule has 4 rings (SSSR count). The van der Waals surface area contributed by atoms with Gasteiger partial charge < -0.3 is 10.2 Å². The third-order valence-corrected chi connectivity index (χ3v) is 5.68. The van der Waals surface area contributed by atoms with Gasteiger partial charge in [0, 0.05) is 16.3 Å². The van der Waals surface area contributed by atoms with Crippen molar-refractivity contribution >= 4 is 22.4 Å². The lowest BCUT2D eigenvalue weighted by molar-refractivity contribution is 0.555. The topological polar surface area (TPSA) is 123 Å². The lowest BCUT2D eigenvalue weighted by Gasteiger charge is -2.16. The van der Waals surface area contributed by atoms with Gasteiger partial charge in [0.05, 0.1) is 17.9 Å². The summed E-state index contributed by atoms with van der Waals surface area (Å²) in [6.45, 7) is 0.0579. The van der Waals surface area contributed by atoms with Crippen LogP contribution in [0.25, 0.3) is 21.5 Å². The maximum Gasteiger partial charge on any atom is 0.417 e. The highest BCUT2D eigenvalue weighted by atomic mass is 32.1. The van der Waals surface area contributed by atoms with Crippen molar-refractivity contribution in [1.82, 2.24) is 19.7 Å². The molecule has 1 aromatic carbocycles. The van der Waals surface area contributed by atoms with E-state index in [9.17, 15) is 14.0 Å². The van der Waals surface area contributed by atoms with Gasteiger partial charge in [-0.2, -0.15) is 5.10 Å². The first-order chi connectivity index (χ1) is 13.6. The summed E-state index contributed by atoms with van der Waals surface area (Å²) in [6, 6.07) is 8.76. The summed E-state index contributed by atoms with van der Waals surface area (Å²) in [7, 11) is 0. The quantitative estimate of drug-likeness (QED) is 0.458. The van der Waals surface area contributed by atoms with Gasteiger partial charge in [-0.3, -0.25) is 9.55 Å². The molecule has 0 amide bonds. The first kappa shape index (κ1) is 18.1. The number of nitrogens with two attached hydrogens (primary N) is 1. The largest absolute Gasteiger partial charge is 0.417 e. The van der Waals surface area contributed by atoms with Crippen LogP contribution in [0.5, 0.6) is 0 Å². The summed E-state index contributed by atoms with van der Waals surface area (Å²) in [5.41, 5.74) is 7.58. The molecule has 8 nitrogen and oxygen atoms in total. The molecule has 1 unspecified atom stereocenters. The van der Waals surface area contributed by atoms with Crippen LogP contribution in [0.1, 0.15) is 17.3 Å². The second kappa shape index (κ2) is 7.41. The van der Waals surface area contributed by atoms with Crippen LogP contribution in [0.15, 0.2) is 62.6 Å². The monoisotopic (exact) mass is 401 g/mol. The molecule has 0 spiro atoms. The molecule has 144 valence electrons. The van der Waals surface area contributed by atoms with Gasteiger partial charge in [-0.1, -0.05) is 0 Å². The number of H-pyrrole nitrogens is 2. The average Bonchev–Trinajstić information content (AvgIpc) is 3.41. The predicted octanol–water partition coefficient (Wildman–Crippen LogP) is 2.53. The number of nitrogens with one attached hydrogen (secondary N) is 2. The van der Waals surface area contributed by atoms with E-state index in [0.717, 1.165) is 15.3 Å². The fourth-order valence-electron chi connectivity index (χ4n) is 3.03. The molecular weight excluding hydrogens is 385 g/mol. The summed E-state index contributed by atoms with van der Waals surface area (Å²) in [6.07, 6.45) is 2.12.